The largest absolute Gasteiger partial charge is 0.481 e. The molecule has 18 N–H and O–H groups in total. The van der Waals surface area contributed by atoms with E-state index in [0.717, 1.165) is 11.8 Å². The number of nitrogens with one attached hydrogen (secondary N) is 11. The van der Waals surface area contributed by atoms with Crippen LogP contribution in [0.3, 0.4) is 0 Å². The zero-order chi connectivity index (χ0) is 65.0. The Morgan fingerprint density at radius 3 is 1.41 bits per heavy atom. The Labute approximate surface area is 522 Å². The third-order valence-corrected chi connectivity index (χ3v) is 14.5. The summed E-state index contributed by atoms with van der Waals surface area (Å²) in [5.41, 5.74) is 11.1. The molecule has 13 atom stereocenters. The van der Waals surface area contributed by atoms with E-state index in [1.165, 1.54) is 6.92 Å². The number of carboxylic acid groups (broad SMARTS) is 2. The van der Waals surface area contributed by atoms with Gasteiger partial charge in [-0.05, 0) is 45.4 Å². The molecule has 0 radical (unpaired) electrons. The monoisotopic (exact) mass is 1320 g/mol. The van der Waals surface area contributed by atoms with Gasteiger partial charge in [-0.15, -0.1) is 0 Å². The van der Waals surface area contributed by atoms with Crippen LogP contribution < -0.4 is 70.0 Å². The summed E-state index contributed by atoms with van der Waals surface area (Å²) in [6.45, 7) is 4.94. The van der Waals surface area contributed by atoms with Gasteiger partial charge in [-0.3, -0.25) is 67.1 Å². The van der Waals surface area contributed by atoms with E-state index in [9.17, 15) is 82.1 Å². The fourth-order valence-corrected chi connectivity index (χ4v) is 9.12. The first-order valence-corrected chi connectivity index (χ1v) is 30.0. The van der Waals surface area contributed by atoms with Crippen LogP contribution in [0.2, 0.25) is 0 Å². The lowest BCUT2D eigenvalue weighted by atomic mass is 10.0. The highest BCUT2D eigenvalue weighted by Gasteiger charge is 2.41. The molecule has 480 valence electrons. The van der Waals surface area contributed by atoms with Crippen LogP contribution in [0.15, 0.2) is 0 Å². The number of nitrogens with zero attached hydrogens (tertiary/aromatic N) is 1. The fourth-order valence-electron chi connectivity index (χ4n) is 7.68. The van der Waals surface area contributed by atoms with Crippen LogP contribution in [0.5, 0.6) is 0 Å². The van der Waals surface area contributed by atoms with Gasteiger partial charge in [0.2, 0.25) is 76.8 Å². The number of aliphatic hydroxyl groups excluding tert-OH is 1. The molecule has 0 spiro atoms. The molecule has 0 aromatic heterocycles. The van der Waals surface area contributed by atoms with E-state index in [-0.39, 0.29) is 54.7 Å². The second-order valence-electron chi connectivity index (χ2n) is 19.7. The maximum atomic E-state index is 14.1. The molecule has 13 amide bonds. The number of carboxylic acids is 2. The lowest BCUT2D eigenvalue weighted by Crippen LogP contribution is -2.61. The highest BCUT2D eigenvalue weighted by molar-refractivity contribution is 7.81. The molecule has 1 aliphatic heterocycles. The molecule has 1 aliphatic rings. The average molecular weight is 1320 g/mol. The van der Waals surface area contributed by atoms with E-state index in [0.29, 0.717) is 0 Å². The summed E-state index contributed by atoms with van der Waals surface area (Å²) in [4.78, 5) is 196. The molecule has 0 saturated carbocycles. The number of hydrogen-bond acceptors (Lipinski definition) is 23. The molecule has 1 rings (SSSR count). The van der Waals surface area contributed by atoms with E-state index < -0.39 is 205 Å². The number of aliphatic hydroxyl groups is 1. The number of primary amides is 1. The summed E-state index contributed by atoms with van der Waals surface area (Å²) in [5, 5.41) is 54.4. The Balaban J connectivity index is 3.17. The third-order valence-electron chi connectivity index (χ3n) is 12.3. The average Bonchev–Trinajstić information content (AvgIpc) is 3.74. The third kappa shape index (κ3) is 26.7. The lowest BCUT2D eigenvalue weighted by molar-refractivity contribution is -0.143. The Morgan fingerprint density at radius 2 is 0.965 bits per heavy atom. The number of likely N-dealkylation sites (tertiary alicyclic amines) is 1. The summed E-state index contributed by atoms with van der Waals surface area (Å²) >= 11 is 24.3. The van der Waals surface area contributed by atoms with E-state index >= 15 is 0 Å². The van der Waals surface area contributed by atoms with Gasteiger partial charge in [0, 0.05) is 47.5 Å². The van der Waals surface area contributed by atoms with Gasteiger partial charge in [-0.2, -0.15) is 75.8 Å². The molecule has 0 aromatic carbocycles. The van der Waals surface area contributed by atoms with Crippen LogP contribution >= 0.6 is 75.8 Å². The minimum absolute atomic E-state index is 0.0330. The molecule has 38 heteroatoms. The number of rotatable bonds is 38. The summed E-state index contributed by atoms with van der Waals surface area (Å²) < 4.78 is 0. The second-order valence-corrected chi connectivity index (χ2v) is 21.9. The Bertz CT molecular complexity index is 2420. The van der Waals surface area contributed by atoms with Gasteiger partial charge in [0.25, 0.3) is 0 Å². The van der Waals surface area contributed by atoms with Gasteiger partial charge in [0.1, 0.15) is 66.5 Å². The van der Waals surface area contributed by atoms with Gasteiger partial charge >= 0.3 is 11.9 Å². The van der Waals surface area contributed by atoms with Crippen molar-refractivity contribution in [2.45, 2.75) is 145 Å². The molecule has 32 nitrogen and oxygen atoms in total. The molecule has 1 fully saturated rings. The van der Waals surface area contributed by atoms with Crippen LogP contribution in [-0.2, 0) is 71.9 Å². The van der Waals surface area contributed by atoms with Gasteiger partial charge in [0.05, 0.1) is 25.1 Å². The van der Waals surface area contributed by atoms with E-state index in [1.54, 1.807) is 13.8 Å². The normalized spacial score (nSPS) is 17.1. The first-order chi connectivity index (χ1) is 39.8. The SMILES string of the molecule is CC(C)C[C@H](NC(=O)[C@H](CCC(=O)O)NC(=O)[C@H](CS)NC(=O)[C@@H](N)CS)C(=O)N[C@@H](CS)C(=O)N[C@@H](CS)C(=O)N[C@@H](CC(N)=O)C(=O)N1CCC[C@H]1C(=O)N[C@@H](C)C(=O)N[C@@H](CS)C(=O)N[C@H](C(=O)NCC(=O)N[C@@H](CS)C(=O)O)[C@@H](C)O. The van der Waals surface area contributed by atoms with Crippen LogP contribution in [0.4, 0.5) is 0 Å². The van der Waals surface area contributed by atoms with Crippen molar-refractivity contribution < 1.29 is 87.2 Å². The zero-order valence-corrected chi connectivity index (χ0v) is 52.1. The molecule has 0 unspecified atom stereocenters. The highest BCUT2D eigenvalue weighted by atomic mass is 32.1. The van der Waals surface area contributed by atoms with E-state index in [1.807, 2.05) is 0 Å². The van der Waals surface area contributed by atoms with Gasteiger partial charge in [-0.1, -0.05) is 13.8 Å². The maximum absolute atomic E-state index is 14.1. The molecular formula is C47H78N14O18S6. The van der Waals surface area contributed by atoms with Gasteiger partial charge < -0.3 is 90.2 Å². The fraction of sp³-hybridized carbons (Fsp3) is 0.681. The number of carbonyl (C=O) groups is 15. The van der Waals surface area contributed by atoms with E-state index in [4.69, 9.17) is 16.6 Å². The smallest absolute Gasteiger partial charge is 0.327 e. The number of nitrogens with two attached hydrogens (primary N) is 2. The number of hydrogen-bond donors (Lipinski definition) is 22. The van der Waals surface area contributed by atoms with Crippen molar-refractivity contribution in [2.24, 2.45) is 17.4 Å². The lowest BCUT2D eigenvalue weighted by Gasteiger charge is -2.30. The molecule has 1 saturated heterocycles. The summed E-state index contributed by atoms with van der Waals surface area (Å²) in [5.74, 6) is -17.4. The van der Waals surface area contributed by atoms with Crippen molar-refractivity contribution in [1.82, 2.24) is 63.4 Å². The Kier molecular flexibility index (Phi) is 35.3. The summed E-state index contributed by atoms with van der Waals surface area (Å²) in [7, 11) is 0. The van der Waals surface area contributed by atoms with Crippen molar-refractivity contribution in [3.05, 3.63) is 0 Å². The number of carbonyl (C=O) groups excluding carboxylic acids is 13. The maximum Gasteiger partial charge on any atom is 0.327 e. The standard InChI is InChI=1S/C47H78N14O18S6/c1-19(2)10-24(54-38(69)23(7-8-34(65)66)53-40(71)26(14-81)57-37(68)22(48)13-80)39(70)58-28(16-83)42(73)59-27(15-82)41(72)55-25(11-32(49)63)46(77)61-9-5-6-31(61)44(75)51-20(3)36(67)56-29(17-84)43(74)60-35(21(4)62)45(76)50-12-33(64)52-30(18-85)47(78)79/h19-31,35,62,80-85H,5-18,48H2,1-4H3,(H2,49,63)(H,50,76)(H,51,75)(H,52,64)(H,53,71)(H,54,69)(H,55,72)(H,56,67)(H,57,68)(H,58,70)(H,59,73)(H,60,74)(H,65,66)(H,78,79)/t20-,21+,22-,23-,24-,25-,26-,27-,28-,29-,30-,31-,35-/m0/s1. The van der Waals surface area contributed by atoms with Crippen LogP contribution in [0.1, 0.15) is 66.2 Å². The number of thiol groups is 6. The summed E-state index contributed by atoms with van der Waals surface area (Å²) in [6.07, 6.45) is -3.23. The van der Waals surface area contributed by atoms with Crippen molar-refractivity contribution in [2.75, 3.05) is 47.6 Å². The second kappa shape index (κ2) is 39.0. The van der Waals surface area contributed by atoms with Crippen molar-refractivity contribution >= 4 is 165 Å². The molecule has 1 heterocycles. The number of aliphatic carboxylic acids is 2. The quantitative estimate of drug-likeness (QED) is 0.0255. The molecule has 0 aromatic rings. The van der Waals surface area contributed by atoms with Gasteiger partial charge in [-0.25, -0.2) is 4.79 Å². The minimum Gasteiger partial charge on any atom is -0.481 e. The Morgan fingerprint density at radius 1 is 0.529 bits per heavy atom. The van der Waals surface area contributed by atoms with Gasteiger partial charge in [0.15, 0.2) is 0 Å². The first-order valence-electron chi connectivity index (χ1n) is 26.2. The van der Waals surface area contributed by atoms with Crippen LogP contribution in [0.25, 0.3) is 0 Å². The first kappa shape index (κ1) is 77.1. The molecule has 85 heavy (non-hydrogen) atoms. The Hall–Kier alpha value is -5.93. The van der Waals surface area contributed by atoms with Crippen molar-refractivity contribution in [3.63, 3.8) is 0 Å². The van der Waals surface area contributed by atoms with Crippen LogP contribution in [-0.4, -0.2) is 235 Å². The van der Waals surface area contributed by atoms with Crippen LogP contribution in [0, 0.1) is 5.92 Å². The molecule has 0 bridgehead atoms. The predicted molar refractivity (Wildman–Crippen MR) is 323 cm³/mol. The molecular weight excluding hydrogens is 1240 g/mol. The zero-order valence-electron chi connectivity index (χ0n) is 46.7. The van der Waals surface area contributed by atoms with E-state index in [2.05, 4.69) is 134 Å². The summed E-state index contributed by atoms with van der Waals surface area (Å²) in [6, 6.07) is -17.4. The van der Waals surface area contributed by atoms with Crippen molar-refractivity contribution in [1.29, 1.82) is 0 Å². The highest BCUT2D eigenvalue weighted by Crippen LogP contribution is 2.20. The predicted octanol–water partition coefficient (Wildman–Crippen LogP) is -7.88. The number of amides is 13. The van der Waals surface area contributed by atoms with Crippen molar-refractivity contribution in [3.8, 4) is 0 Å². The molecule has 0 aliphatic carbocycles. The minimum atomic E-state index is -1.73. The topological polar surface area (TPSA) is 504 Å².